The van der Waals surface area contributed by atoms with E-state index in [4.69, 9.17) is 11.7 Å². The number of carbonyl (C=O) groups excluding carboxylic acids is 2. The SMILES string of the molecule is [C-]#[N+]c1cc(C(=O)N2CCc3c(n4ncc(Cc5ccc(C)cc5)c4n(-c4ccc(C(=O)NC)cc4)c3=O)C2)ccc1Br. The van der Waals surface area contributed by atoms with E-state index in [1.165, 1.54) is 0 Å². The maximum Gasteiger partial charge on any atom is 0.261 e. The molecule has 3 aromatic carbocycles. The average molecular weight is 636 g/mol. The monoisotopic (exact) mass is 634 g/mol. The second-order valence-electron chi connectivity index (χ2n) is 10.5. The van der Waals surface area contributed by atoms with Gasteiger partial charge in [0.1, 0.15) is 5.65 Å². The third-order valence-corrected chi connectivity index (χ3v) is 8.47. The van der Waals surface area contributed by atoms with Crippen molar-refractivity contribution in [3.8, 4) is 5.69 Å². The zero-order chi connectivity index (χ0) is 30.2. The third kappa shape index (κ3) is 5.13. The molecule has 0 fully saturated rings. The van der Waals surface area contributed by atoms with E-state index in [2.05, 4.69) is 50.4 Å². The van der Waals surface area contributed by atoms with Crippen LogP contribution in [0.25, 0.3) is 16.2 Å². The Balaban J connectivity index is 1.48. The molecule has 214 valence electrons. The minimum Gasteiger partial charge on any atom is -0.355 e. The van der Waals surface area contributed by atoms with Gasteiger partial charge in [-0.05, 0) is 49.2 Å². The smallest absolute Gasteiger partial charge is 0.261 e. The van der Waals surface area contributed by atoms with Gasteiger partial charge in [-0.3, -0.25) is 19.0 Å². The van der Waals surface area contributed by atoms with Crippen molar-refractivity contribution in [2.24, 2.45) is 0 Å². The van der Waals surface area contributed by atoms with Crippen LogP contribution in [0, 0.1) is 13.5 Å². The summed E-state index contributed by atoms with van der Waals surface area (Å²) in [6, 6.07) is 20.1. The van der Waals surface area contributed by atoms with Crippen molar-refractivity contribution in [2.75, 3.05) is 13.6 Å². The predicted octanol–water partition coefficient (Wildman–Crippen LogP) is 5.26. The van der Waals surface area contributed by atoms with E-state index in [0.717, 1.165) is 16.7 Å². The Hall–Kier alpha value is -5.01. The molecule has 2 aromatic heterocycles. The number of rotatable bonds is 5. The molecule has 10 heteroatoms. The maximum atomic E-state index is 14.2. The molecule has 1 aliphatic heterocycles. The van der Waals surface area contributed by atoms with Crippen LogP contribution >= 0.6 is 15.9 Å². The van der Waals surface area contributed by atoms with E-state index in [1.807, 2.05) is 6.92 Å². The van der Waals surface area contributed by atoms with E-state index in [9.17, 15) is 14.4 Å². The van der Waals surface area contributed by atoms with Crippen LogP contribution in [0.2, 0.25) is 0 Å². The van der Waals surface area contributed by atoms with Crippen LogP contribution in [-0.4, -0.2) is 44.5 Å². The minimum atomic E-state index is -0.211. The number of amides is 2. The summed E-state index contributed by atoms with van der Waals surface area (Å²) >= 11 is 3.36. The number of benzene rings is 3. The molecule has 0 aliphatic carbocycles. The molecule has 2 amide bonds. The fraction of sp³-hybridized carbons (Fsp3) is 0.182. The first-order valence-corrected chi connectivity index (χ1v) is 14.6. The van der Waals surface area contributed by atoms with Crippen molar-refractivity contribution < 1.29 is 9.59 Å². The van der Waals surface area contributed by atoms with Crippen molar-refractivity contribution in [1.82, 2.24) is 24.4 Å². The molecular formula is C33H27BrN6O3. The van der Waals surface area contributed by atoms with E-state index >= 15 is 0 Å². The molecule has 0 unspecified atom stereocenters. The van der Waals surface area contributed by atoms with Gasteiger partial charge in [0, 0.05) is 46.7 Å². The number of fused-ring (bicyclic) bond motifs is 3. The highest BCUT2D eigenvalue weighted by Crippen LogP contribution is 2.29. The fourth-order valence-electron chi connectivity index (χ4n) is 5.50. The van der Waals surface area contributed by atoms with Gasteiger partial charge in [-0.15, -0.1) is 0 Å². The lowest BCUT2D eigenvalue weighted by atomic mass is 10.0. The third-order valence-electron chi connectivity index (χ3n) is 7.80. The molecular weight excluding hydrogens is 608 g/mol. The van der Waals surface area contributed by atoms with Crippen LogP contribution in [0.1, 0.15) is 48.7 Å². The van der Waals surface area contributed by atoms with Crippen molar-refractivity contribution in [3.05, 3.63) is 138 Å². The molecule has 0 saturated carbocycles. The van der Waals surface area contributed by atoms with Gasteiger partial charge in [0.2, 0.25) is 5.69 Å². The van der Waals surface area contributed by atoms with Gasteiger partial charge in [-0.1, -0.05) is 57.9 Å². The number of hydrogen-bond acceptors (Lipinski definition) is 4. The molecule has 0 bridgehead atoms. The highest BCUT2D eigenvalue weighted by Gasteiger charge is 2.29. The highest BCUT2D eigenvalue weighted by molar-refractivity contribution is 9.10. The van der Waals surface area contributed by atoms with Crippen LogP contribution in [-0.2, 0) is 19.4 Å². The summed E-state index contributed by atoms with van der Waals surface area (Å²) in [5.74, 6) is -0.421. The van der Waals surface area contributed by atoms with Gasteiger partial charge in [0.05, 0.1) is 30.7 Å². The Labute approximate surface area is 256 Å². The second-order valence-corrected chi connectivity index (χ2v) is 11.4. The topological polar surface area (TPSA) is 93.1 Å². The largest absolute Gasteiger partial charge is 0.355 e. The summed E-state index contributed by atoms with van der Waals surface area (Å²) in [5.41, 5.74) is 6.68. The van der Waals surface area contributed by atoms with Gasteiger partial charge in [0.15, 0.2) is 0 Å². The first kappa shape index (κ1) is 28.1. The summed E-state index contributed by atoms with van der Waals surface area (Å²) in [4.78, 5) is 45.1. The van der Waals surface area contributed by atoms with Crippen molar-refractivity contribution in [3.63, 3.8) is 0 Å². The molecule has 1 aliphatic rings. The van der Waals surface area contributed by atoms with E-state index in [-0.39, 0.29) is 23.9 Å². The van der Waals surface area contributed by atoms with Gasteiger partial charge < -0.3 is 10.2 Å². The van der Waals surface area contributed by atoms with Crippen molar-refractivity contribution in [2.45, 2.75) is 26.3 Å². The first-order chi connectivity index (χ1) is 20.8. The lowest BCUT2D eigenvalue weighted by molar-refractivity contribution is 0.0729. The molecule has 0 spiro atoms. The Kier molecular flexibility index (Phi) is 7.42. The number of carbonyl (C=O) groups is 2. The molecule has 5 aromatic rings. The zero-order valence-corrected chi connectivity index (χ0v) is 25.2. The van der Waals surface area contributed by atoms with Crippen LogP contribution in [0.5, 0.6) is 0 Å². The summed E-state index contributed by atoms with van der Waals surface area (Å²) in [6.45, 7) is 9.99. The van der Waals surface area contributed by atoms with E-state index < -0.39 is 0 Å². The number of halogens is 1. The van der Waals surface area contributed by atoms with Crippen LogP contribution < -0.4 is 10.9 Å². The standard InChI is InChI=1S/C33H27BrN6O3/c1-20-4-6-21(7-5-20)16-24-18-37-40-29-19-38(32(42)23-10-13-27(34)28(17-23)35-2)15-14-26(29)33(43)39(31(24)40)25-11-8-22(9-12-25)30(41)36-3/h4-13,17-18H,14-16,19H2,1,3H3,(H,36,41). The lowest BCUT2D eigenvalue weighted by Crippen LogP contribution is -2.41. The summed E-state index contributed by atoms with van der Waals surface area (Å²) in [7, 11) is 1.58. The Morgan fingerprint density at radius 2 is 1.77 bits per heavy atom. The van der Waals surface area contributed by atoms with Crippen LogP contribution in [0.4, 0.5) is 5.69 Å². The summed E-state index contributed by atoms with van der Waals surface area (Å²) < 4.78 is 4.07. The normalized spacial score (nSPS) is 12.6. The Morgan fingerprint density at radius 3 is 2.47 bits per heavy atom. The second kappa shape index (κ2) is 11.3. The Bertz CT molecular complexity index is 2000. The van der Waals surface area contributed by atoms with Crippen molar-refractivity contribution in [1.29, 1.82) is 0 Å². The summed E-state index contributed by atoms with van der Waals surface area (Å²) in [6.07, 6.45) is 2.69. The number of nitrogens with zero attached hydrogens (tertiary/aromatic N) is 5. The van der Waals surface area contributed by atoms with Crippen molar-refractivity contribution >= 4 is 39.1 Å². The number of aromatic nitrogens is 3. The number of nitrogens with one attached hydrogen (secondary N) is 1. The van der Waals surface area contributed by atoms with E-state index in [1.54, 1.807) is 69.7 Å². The molecule has 0 atom stereocenters. The molecule has 43 heavy (non-hydrogen) atoms. The van der Waals surface area contributed by atoms with Gasteiger partial charge >= 0.3 is 0 Å². The molecule has 9 nitrogen and oxygen atoms in total. The molecule has 6 rings (SSSR count). The number of aryl methyl sites for hydroxylation is 1. The van der Waals surface area contributed by atoms with Gasteiger partial charge in [0.25, 0.3) is 17.4 Å². The predicted molar refractivity (Wildman–Crippen MR) is 167 cm³/mol. The zero-order valence-electron chi connectivity index (χ0n) is 23.6. The van der Waals surface area contributed by atoms with Crippen LogP contribution in [0.15, 0.2) is 82.2 Å². The van der Waals surface area contributed by atoms with E-state index in [0.29, 0.717) is 63.3 Å². The van der Waals surface area contributed by atoms with Gasteiger partial charge in [-0.2, -0.15) is 5.10 Å². The van der Waals surface area contributed by atoms with Gasteiger partial charge in [-0.25, -0.2) is 9.36 Å². The number of hydrogen-bond donors (Lipinski definition) is 1. The maximum absolute atomic E-state index is 14.2. The quantitative estimate of drug-likeness (QED) is 0.267. The lowest BCUT2D eigenvalue weighted by Gasteiger charge is -2.30. The fourth-order valence-corrected chi connectivity index (χ4v) is 5.83. The minimum absolute atomic E-state index is 0.174. The first-order valence-electron chi connectivity index (χ1n) is 13.8. The molecule has 1 N–H and O–H groups in total. The summed E-state index contributed by atoms with van der Waals surface area (Å²) in [5, 5.41) is 7.37. The molecule has 0 saturated heterocycles. The highest BCUT2D eigenvalue weighted by atomic mass is 79.9. The molecule has 3 heterocycles. The average Bonchev–Trinajstić information content (AvgIpc) is 3.45. The molecule has 0 radical (unpaired) electrons. The Morgan fingerprint density at radius 1 is 1.05 bits per heavy atom. The van der Waals surface area contributed by atoms with Crippen LogP contribution in [0.3, 0.4) is 0 Å².